The molecule has 60 heavy (non-hydrogen) atoms. The van der Waals surface area contributed by atoms with Crippen LogP contribution in [0.2, 0.25) is 0 Å². The van der Waals surface area contributed by atoms with Gasteiger partial charge < -0.3 is 22.6 Å². The van der Waals surface area contributed by atoms with Gasteiger partial charge in [-0.05, 0) is 79.7 Å². The van der Waals surface area contributed by atoms with Crippen molar-refractivity contribution in [2.24, 2.45) is 0 Å². The first-order valence-corrected chi connectivity index (χ1v) is 20.1. The summed E-state index contributed by atoms with van der Waals surface area (Å²) in [6.45, 7) is 2.09. The summed E-state index contributed by atoms with van der Waals surface area (Å²) in [5.74, 6) is 3.03. The minimum atomic E-state index is 0.694. The summed E-state index contributed by atoms with van der Waals surface area (Å²) in [6.07, 6.45) is 0. The summed E-state index contributed by atoms with van der Waals surface area (Å²) in [5.41, 5.74) is 11.2. The van der Waals surface area contributed by atoms with Gasteiger partial charge >= 0.3 is 0 Å². The molecule has 0 radical (unpaired) electrons. The van der Waals surface area contributed by atoms with Crippen molar-refractivity contribution < 1.29 is 17.7 Å². The van der Waals surface area contributed by atoms with Gasteiger partial charge in [-0.2, -0.15) is 0 Å². The molecule has 0 saturated heterocycles. The van der Waals surface area contributed by atoms with Crippen LogP contribution in [0.4, 0.5) is 17.1 Å². The Bertz CT molecular complexity index is 3460. The van der Waals surface area contributed by atoms with Crippen molar-refractivity contribution >= 4 is 71.7 Å². The van der Waals surface area contributed by atoms with Crippen LogP contribution in [0, 0.1) is 6.92 Å². The molecule has 4 aromatic heterocycles. The molecular weight excluding hydrogens is 739 g/mol. The molecule has 0 aliphatic carbocycles. The molecule has 0 aliphatic rings. The lowest BCUT2D eigenvalue weighted by atomic mass is 9.97. The molecule has 0 unspecified atom stereocenters. The van der Waals surface area contributed by atoms with Crippen molar-refractivity contribution in [3.63, 3.8) is 0 Å². The fourth-order valence-electron chi connectivity index (χ4n) is 8.66. The van der Waals surface area contributed by atoms with Crippen molar-refractivity contribution in [3.8, 4) is 45.3 Å². The Hall–Kier alpha value is -8.02. The molecule has 0 fully saturated rings. The van der Waals surface area contributed by atoms with Crippen LogP contribution in [0.5, 0.6) is 0 Å². The lowest BCUT2D eigenvalue weighted by molar-refractivity contribution is 0.623. The maximum atomic E-state index is 7.07. The van der Waals surface area contributed by atoms with Gasteiger partial charge in [0.05, 0.1) is 16.2 Å². The molecule has 284 valence electrons. The lowest BCUT2D eigenvalue weighted by Gasteiger charge is -2.25. The van der Waals surface area contributed by atoms with Crippen LogP contribution >= 0.6 is 0 Å². The van der Waals surface area contributed by atoms with E-state index in [2.05, 4.69) is 157 Å². The number of furan rings is 4. The van der Waals surface area contributed by atoms with Crippen LogP contribution in [0.3, 0.4) is 0 Å². The number of fused-ring (bicyclic) bond motifs is 11. The van der Waals surface area contributed by atoms with Gasteiger partial charge in [-0.3, -0.25) is 0 Å². The Morgan fingerprint density at radius 1 is 0.300 bits per heavy atom. The first kappa shape index (κ1) is 34.1. The third-order valence-corrected chi connectivity index (χ3v) is 11.6. The summed E-state index contributed by atoms with van der Waals surface area (Å²) in [5, 5.41) is 5.51. The molecule has 0 saturated carbocycles. The highest BCUT2D eigenvalue weighted by Crippen LogP contribution is 2.50. The summed E-state index contributed by atoms with van der Waals surface area (Å²) in [7, 11) is 0. The average Bonchev–Trinajstić information content (AvgIpc) is 4.13. The summed E-state index contributed by atoms with van der Waals surface area (Å²) in [4.78, 5) is 2.26. The van der Waals surface area contributed by atoms with Crippen LogP contribution in [-0.4, -0.2) is 0 Å². The standard InChI is InChI=1S/C55H35NO4/c1-34-22-24-37(25-23-34)47-31-43-50-42-30-46(35-14-6-2-7-15-35)57-52(42)45-33-49(38-26-28-41(29-27-38)56(39-18-10-4-11-19-39)40-20-12-5-13-21-40)60-55(45)51(50)54-44(53(43)58-47)32-48(59-54)36-16-8-3-9-17-36/h2-33H,1H3. The second-order valence-corrected chi connectivity index (χ2v) is 15.3. The molecule has 0 spiro atoms. The lowest BCUT2D eigenvalue weighted by Crippen LogP contribution is -2.09. The van der Waals surface area contributed by atoms with Crippen molar-refractivity contribution in [2.75, 3.05) is 4.90 Å². The molecule has 12 rings (SSSR count). The van der Waals surface area contributed by atoms with Crippen LogP contribution in [0.1, 0.15) is 5.56 Å². The number of nitrogens with zero attached hydrogens (tertiary/aromatic N) is 1. The fraction of sp³-hybridized carbons (Fsp3) is 0.0182. The second-order valence-electron chi connectivity index (χ2n) is 15.3. The zero-order chi connectivity index (χ0) is 39.7. The van der Waals surface area contributed by atoms with E-state index in [1.165, 1.54) is 5.56 Å². The Balaban J connectivity index is 1.13. The van der Waals surface area contributed by atoms with E-state index in [4.69, 9.17) is 17.7 Å². The SMILES string of the molecule is Cc1ccc(-c2cc3c(o2)c2cc(-c4ccccc4)oc2c2c4oc(-c5ccc(N(c6ccccc6)c6ccccc6)cc5)cc4c4oc(-c5ccccc5)cc4c32)cc1. The Morgan fingerprint density at radius 3 is 1.07 bits per heavy atom. The number of hydrogen-bond acceptors (Lipinski definition) is 5. The van der Waals surface area contributed by atoms with Gasteiger partial charge in [0.25, 0.3) is 0 Å². The molecule has 0 atom stereocenters. The molecule has 12 aromatic rings. The summed E-state index contributed by atoms with van der Waals surface area (Å²) in [6, 6.07) is 66.8. The molecule has 0 N–H and O–H groups in total. The van der Waals surface area contributed by atoms with E-state index in [1.54, 1.807) is 0 Å². The number of benzene rings is 8. The highest BCUT2D eigenvalue weighted by atomic mass is 16.4. The Kier molecular flexibility index (Phi) is 7.69. The average molecular weight is 774 g/mol. The zero-order valence-electron chi connectivity index (χ0n) is 32.6. The van der Waals surface area contributed by atoms with Crippen LogP contribution < -0.4 is 4.90 Å². The smallest absolute Gasteiger partial charge is 0.150 e. The first-order valence-electron chi connectivity index (χ1n) is 20.1. The molecule has 5 heteroatoms. The molecule has 8 aromatic carbocycles. The number of anilines is 3. The first-order chi connectivity index (χ1) is 29.6. The van der Waals surface area contributed by atoms with Gasteiger partial charge in [0.1, 0.15) is 45.4 Å². The van der Waals surface area contributed by atoms with Crippen molar-refractivity contribution in [3.05, 3.63) is 200 Å². The van der Waals surface area contributed by atoms with E-state index in [0.29, 0.717) is 11.2 Å². The number of aryl methyl sites for hydroxylation is 1. The van der Waals surface area contributed by atoms with Crippen LogP contribution in [-0.2, 0) is 0 Å². The minimum absolute atomic E-state index is 0.694. The fourth-order valence-corrected chi connectivity index (χ4v) is 8.66. The topological polar surface area (TPSA) is 55.8 Å². The third kappa shape index (κ3) is 5.48. The van der Waals surface area contributed by atoms with Gasteiger partial charge in [-0.15, -0.1) is 0 Å². The molecule has 0 bridgehead atoms. The summed E-state index contributed by atoms with van der Waals surface area (Å²) >= 11 is 0. The highest BCUT2D eigenvalue weighted by molar-refractivity contribution is 6.37. The summed E-state index contributed by atoms with van der Waals surface area (Å²) < 4.78 is 27.8. The van der Waals surface area contributed by atoms with Crippen LogP contribution in [0.25, 0.3) is 99.9 Å². The van der Waals surface area contributed by atoms with E-state index >= 15 is 0 Å². The maximum Gasteiger partial charge on any atom is 0.150 e. The van der Waals surface area contributed by atoms with Gasteiger partial charge in [-0.25, -0.2) is 0 Å². The van der Waals surface area contributed by atoms with E-state index in [9.17, 15) is 0 Å². The molecule has 5 nitrogen and oxygen atoms in total. The van der Waals surface area contributed by atoms with Gasteiger partial charge in [-0.1, -0.05) is 127 Å². The highest BCUT2D eigenvalue weighted by Gasteiger charge is 2.27. The molecule has 0 aliphatic heterocycles. The van der Waals surface area contributed by atoms with Crippen molar-refractivity contribution in [2.45, 2.75) is 6.92 Å². The van der Waals surface area contributed by atoms with Gasteiger partial charge in [0.2, 0.25) is 0 Å². The number of para-hydroxylation sites is 2. The number of rotatable bonds is 7. The Labute approximate surface area is 344 Å². The predicted octanol–water partition coefficient (Wildman–Crippen LogP) is 16.3. The van der Waals surface area contributed by atoms with E-state index in [0.717, 1.165) is 106 Å². The van der Waals surface area contributed by atoms with E-state index < -0.39 is 0 Å². The Morgan fingerprint density at radius 2 is 0.633 bits per heavy atom. The molecule has 4 heterocycles. The predicted molar refractivity (Wildman–Crippen MR) is 244 cm³/mol. The minimum Gasteiger partial charge on any atom is -0.455 e. The van der Waals surface area contributed by atoms with E-state index in [-0.39, 0.29) is 0 Å². The van der Waals surface area contributed by atoms with Gasteiger partial charge in [0, 0.05) is 55.5 Å². The quantitative estimate of drug-likeness (QED) is 0.161. The van der Waals surface area contributed by atoms with Crippen molar-refractivity contribution in [1.29, 1.82) is 0 Å². The largest absolute Gasteiger partial charge is 0.455 e. The van der Waals surface area contributed by atoms with E-state index in [1.807, 2.05) is 48.5 Å². The monoisotopic (exact) mass is 773 g/mol. The second kappa shape index (κ2) is 13.5. The maximum absolute atomic E-state index is 7.07. The molecule has 0 amide bonds. The van der Waals surface area contributed by atoms with Gasteiger partial charge in [0.15, 0.2) is 0 Å². The zero-order valence-corrected chi connectivity index (χ0v) is 32.6. The molecular formula is C55H35NO4. The normalized spacial score (nSPS) is 11.8. The number of hydrogen-bond donors (Lipinski definition) is 0. The van der Waals surface area contributed by atoms with Crippen LogP contribution in [0.15, 0.2) is 212 Å². The third-order valence-electron chi connectivity index (χ3n) is 11.6. The van der Waals surface area contributed by atoms with Crippen molar-refractivity contribution in [1.82, 2.24) is 0 Å².